The van der Waals surface area contributed by atoms with Crippen molar-refractivity contribution in [1.29, 1.82) is 0 Å². The maximum Gasteiger partial charge on any atom is 0.419 e. The lowest BCUT2D eigenvalue weighted by molar-refractivity contribution is -0.137. The molecule has 0 aromatic carbocycles. The van der Waals surface area contributed by atoms with E-state index in [-0.39, 0.29) is 6.54 Å². The van der Waals surface area contributed by atoms with E-state index in [0.717, 1.165) is 22.6 Å². The highest BCUT2D eigenvalue weighted by molar-refractivity contribution is 5.39. The number of hydrogen-bond acceptors (Lipinski definition) is 3. The SMILES string of the molecule is Cc1ccnc(-n2cc(C(F)(F)F)cn2)c1CN. The minimum absolute atomic E-state index is 0.191. The molecule has 0 saturated heterocycles. The van der Waals surface area contributed by atoms with Crippen molar-refractivity contribution >= 4 is 0 Å². The molecule has 0 spiro atoms. The first-order valence-electron chi connectivity index (χ1n) is 5.20. The van der Waals surface area contributed by atoms with E-state index in [9.17, 15) is 13.2 Å². The number of aromatic nitrogens is 3. The number of rotatable bonds is 2. The fourth-order valence-corrected chi connectivity index (χ4v) is 1.61. The lowest BCUT2D eigenvalue weighted by Crippen LogP contribution is -2.09. The molecule has 2 heterocycles. The van der Waals surface area contributed by atoms with Gasteiger partial charge in [0.15, 0.2) is 5.82 Å². The molecule has 2 N–H and O–H groups in total. The van der Waals surface area contributed by atoms with Gasteiger partial charge in [-0.15, -0.1) is 0 Å². The molecular weight excluding hydrogens is 245 g/mol. The summed E-state index contributed by atoms with van der Waals surface area (Å²) in [7, 11) is 0. The van der Waals surface area contributed by atoms with E-state index < -0.39 is 11.7 Å². The molecule has 0 aliphatic heterocycles. The standard InChI is InChI=1S/C11H11F3N4/c1-7-2-3-16-10(9(7)4-15)18-6-8(5-17-18)11(12,13)14/h2-3,5-6H,4,15H2,1H3. The van der Waals surface area contributed by atoms with Crippen LogP contribution < -0.4 is 5.73 Å². The molecule has 0 atom stereocenters. The van der Waals surface area contributed by atoms with Crippen LogP contribution in [-0.4, -0.2) is 14.8 Å². The molecule has 2 rings (SSSR count). The van der Waals surface area contributed by atoms with Gasteiger partial charge >= 0.3 is 6.18 Å². The van der Waals surface area contributed by atoms with Crippen molar-refractivity contribution in [2.45, 2.75) is 19.6 Å². The number of pyridine rings is 1. The van der Waals surface area contributed by atoms with E-state index in [4.69, 9.17) is 5.73 Å². The second-order valence-corrected chi connectivity index (χ2v) is 3.81. The third kappa shape index (κ3) is 2.21. The maximum absolute atomic E-state index is 12.5. The van der Waals surface area contributed by atoms with Gasteiger partial charge in [0, 0.05) is 24.5 Å². The summed E-state index contributed by atoms with van der Waals surface area (Å²) in [6.07, 6.45) is -1.23. The third-order valence-electron chi connectivity index (χ3n) is 2.60. The molecule has 96 valence electrons. The van der Waals surface area contributed by atoms with Crippen LogP contribution in [0, 0.1) is 6.92 Å². The van der Waals surface area contributed by atoms with Crippen molar-refractivity contribution < 1.29 is 13.2 Å². The minimum atomic E-state index is -4.41. The third-order valence-corrected chi connectivity index (χ3v) is 2.60. The monoisotopic (exact) mass is 256 g/mol. The molecule has 0 fully saturated rings. The molecule has 18 heavy (non-hydrogen) atoms. The van der Waals surface area contributed by atoms with Crippen LogP contribution in [0.5, 0.6) is 0 Å². The van der Waals surface area contributed by atoms with E-state index in [1.165, 1.54) is 6.20 Å². The van der Waals surface area contributed by atoms with Crippen molar-refractivity contribution in [2.75, 3.05) is 0 Å². The summed E-state index contributed by atoms with van der Waals surface area (Å²) in [5.74, 6) is 0.327. The Kier molecular flexibility index (Phi) is 3.08. The fourth-order valence-electron chi connectivity index (χ4n) is 1.61. The van der Waals surface area contributed by atoms with Crippen molar-refractivity contribution in [3.8, 4) is 5.82 Å². The van der Waals surface area contributed by atoms with Gasteiger partial charge in [0.2, 0.25) is 0 Å². The first kappa shape index (κ1) is 12.6. The quantitative estimate of drug-likeness (QED) is 0.894. The summed E-state index contributed by atoms with van der Waals surface area (Å²) in [4.78, 5) is 4.03. The molecule has 2 aromatic rings. The fraction of sp³-hybridized carbons (Fsp3) is 0.273. The van der Waals surface area contributed by atoms with Crippen molar-refractivity contribution in [2.24, 2.45) is 5.73 Å². The summed E-state index contributed by atoms with van der Waals surface area (Å²) >= 11 is 0. The van der Waals surface area contributed by atoms with E-state index in [1.54, 1.807) is 6.07 Å². The maximum atomic E-state index is 12.5. The summed E-state index contributed by atoms with van der Waals surface area (Å²) in [6.45, 7) is 2.01. The van der Waals surface area contributed by atoms with E-state index in [2.05, 4.69) is 10.1 Å². The second-order valence-electron chi connectivity index (χ2n) is 3.81. The van der Waals surface area contributed by atoms with Crippen LogP contribution >= 0.6 is 0 Å². The van der Waals surface area contributed by atoms with Gasteiger partial charge in [-0.2, -0.15) is 18.3 Å². The summed E-state index contributed by atoms with van der Waals surface area (Å²) in [5.41, 5.74) is 6.31. The van der Waals surface area contributed by atoms with Crippen molar-refractivity contribution in [3.63, 3.8) is 0 Å². The van der Waals surface area contributed by atoms with Crippen LogP contribution in [0.1, 0.15) is 16.7 Å². The zero-order chi connectivity index (χ0) is 13.3. The Morgan fingerprint density at radius 1 is 1.39 bits per heavy atom. The number of hydrogen-bond donors (Lipinski definition) is 1. The van der Waals surface area contributed by atoms with Crippen LogP contribution in [0.25, 0.3) is 5.82 Å². The molecule has 0 aliphatic rings. The Balaban J connectivity index is 2.50. The normalized spacial score (nSPS) is 11.8. The first-order valence-corrected chi connectivity index (χ1v) is 5.20. The molecule has 7 heteroatoms. The minimum Gasteiger partial charge on any atom is -0.326 e. The van der Waals surface area contributed by atoms with E-state index in [0.29, 0.717) is 11.4 Å². The molecular formula is C11H11F3N4. The van der Waals surface area contributed by atoms with Gasteiger partial charge in [-0.05, 0) is 18.6 Å². The van der Waals surface area contributed by atoms with Gasteiger partial charge in [-0.3, -0.25) is 0 Å². The van der Waals surface area contributed by atoms with Crippen molar-refractivity contribution in [1.82, 2.24) is 14.8 Å². The predicted molar refractivity (Wildman–Crippen MR) is 59.0 cm³/mol. The lowest BCUT2D eigenvalue weighted by Gasteiger charge is -2.09. The highest BCUT2D eigenvalue weighted by Crippen LogP contribution is 2.29. The molecule has 0 bridgehead atoms. The zero-order valence-corrected chi connectivity index (χ0v) is 9.57. The predicted octanol–water partition coefficient (Wildman–Crippen LogP) is 2.05. The average Bonchev–Trinajstić information content (AvgIpc) is 2.77. The molecule has 0 radical (unpaired) electrons. The van der Waals surface area contributed by atoms with Crippen LogP contribution in [0.4, 0.5) is 13.2 Å². The Bertz CT molecular complexity index is 560. The molecule has 4 nitrogen and oxygen atoms in total. The van der Waals surface area contributed by atoms with Gasteiger partial charge in [0.25, 0.3) is 0 Å². The summed E-state index contributed by atoms with van der Waals surface area (Å²) in [6, 6.07) is 1.75. The Hall–Kier alpha value is -1.89. The van der Waals surface area contributed by atoms with Crippen molar-refractivity contribution in [3.05, 3.63) is 41.3 Å². The number of alkyl halides is 3. The molecule has 0 amide bonds. The average molecular weight is 256 g/mol. The first-order chi connectivity index (χ1) is 8.43. The molecule has 0 unspecified atom stereocenters. The van der Waals surface area contributed by atoms with Gasteiger partial charge in [-0.25, -0.2) is 9.67 Å². The highest BCUT2D eigenvalue weighted by atomic mass is 19.4. The van der Waals surface area contributed by atoms with E-state index in [1.807, 2.05) is 6.92 Å². The number of halogens is 3. The number of nitrogens with zero attached hydrogens (tertiary/aromatic N) is 3. The largest absolute Gasteiger partial charge is 0.419 e. The van der Waals surface area contributed by atoms with Crippen LogP contribution in [-0.2, 0) is 12.7 Å². The second kappa shape index (κ2) is 4.41. The topological polar surface area (TPSA) is 56.7 Å². The Morgan fingerprint density at radius 2 is 2.11 bits per heavy atom. The molecule has 0 aliphatic carbocycles. The lowest BCUT2D eigenvalue weighted by atomic mass is 10.1. The van der Waals surface area contributed by atoms with Gasteiger partial charge < -0.3 is 5.73 Å². The van der Waals surface area contributed by atoms with Gasteiger partial charge in [0.1, 0.15) is 0 Å². The Labute approximate surface area is 101 Å². The van der Waals surface area contributed by atoms with Gasteiger partial charge in [-0.1, -0.05) is 0 Å². The molecule has 0 saturated carbocycles. The van der Waals surface area contributed by atoms with Gasteiger partial charge in [0.05, 0.1) is 11.8 Å². The zero-order valence-electron chi connectivity index (χ0n) is 9.57. The smallest absolute Gasteiger partial charge is 0.326 e. The summed E-state index contributed by atoms with van der Waals surface area (Å²) < 4.78 is 38.5. The number of nitrogens with two attached hydrogens (primary N) is 1. The van der Waals surface area contributed by atoms with Crippen LogP contribution in [0.15, 0.2) is 24.7 Å². The highest BCUT2D eigenvalue weighted by Gasteiger charge is 2.32. The summed E-state index contributed by atoms with van der Waals surface area (Å²) in [5, 5.41) is 3.68. The Morgan fingerprint density at radius 3 is 2.67 bits per heavy atom. The molecule has 2 aromatic heterocycles. The van der Waals surface area contributed by atoms with E-state index >= 15 is 0 Å². The van der Waals surface area contributed by atoms with Crippen LogP contribution in [0.3, 0.4) is 0 Å². The van der Waals surface area contributed by atoms with Crippen LogP contribution in [0.2, 0.25) is 0 Å². The number of aryl methyl sites for hydroxylation is 1.